The van der Waals surface area contributed by atoms with Gasteiger partial charge in [0.25, 0.3) is 0 Å². The van der Waals surface area contributed by atoms with Crippen molar-refractivity contribution in [2.75, 3.05) is 11.9 Å². The van der Waals surface area contributed by atoms with Crippen molar-refractivity contribution in [2.45, 2.75) is 32.2 Å². The van der Waals surface area contributed by atoms with Crippen molar-refractivity contribution in [1.82, 2.24) is 14.7 Å². The zero-order valence-electron chi connectivity index (χ0n) is 19.4. The summed E-state index contributed by atoms with van der Waals surface area (Å²) in [6.45, 7) is 0.860. The Hall–Kier alpha value is -3.56. The maximum absolute atomic E-state index is 13.3. The number of nitrogens with one attached hydrogen (secondary N) is 1. The minimum absolute atomic E-state index is 0.0978. The molecule has 5 rings (SSSR count). The van der Waals surface area contributed by atoms with Gasteiger partial charge in [-0.25, -0.2) is 4.39 Å². The number of aliphatic hydroxyl groups is 1. The fourth-order valence-electron chi connectivity index (χ4n) is 4.36. The molecule has 2 aromatic heterocycles. The van der Waals surface area contributed by atoms with E-state index in [1.165, 1.54) is 12.1 Å². The van der Waals surface area contributed by atoms with Crippen LogP contribution < -0.4 is 5.32 Å². The number of aryl methyl sites for hydroxylation is 2. The van der Waals surface area contributed by atoms with Crippen LogP contribution >= 0.6 is 15.9 Å². The largest absolute Gasteiger partial charge is 0.396 e. The molecule has 9 heteroatoms. The monoisotopic (exact) mass is 550 g/mol. The van der Waals surface area contributed by atoms with Gasteiger partial charge in [0.2, 0.25) is 17.6 Å². The lowest BCUT2D eigenvalue weighted by molar-refractivity contribution is -0.116. The van der Waals surface area contributed by atoms with E-state index in [1.807, 2.05) is 30.3 Å². The molecule has 2 N–H and O–H groups in total. The molecular formula is C27H24BrFN4O3. The van der Waals surface area contributed by atoms with Crippen LogP contribution in [-0.2, 0) is 17.8 Å². The third-order valence-corrected chi connectivity index (χ3v) is 6.69. The van der Waals surface area contributed by atoms with E-state index >= 15 is 0 Å². The average Bonchev–Trinajstić information content (AvgIpc) is 3.45. The Morgan fingerprint density at radius 2 is 1.89 bits per heavy atom. The molecule has 0 saturated carbocycles. The zero-order valence-corrected chi connectivity index (χ0v) is 21.0. The maximum atomic E-state index is 13.3. The number of hydrogen-bond donors (Lipinski definition) is 2. The van der Waals surface area contributed by atoms with Crippen LogP contribution in [0.1, 0.15) is 25.2 Å². The topological polar surface area (TPSA) is 93.2 Å². The van der Waals surface area contributed by atoms with Gasteiger partial charge in [-0.05, 0) is 71.2 Å². The van der Waals surface area contributed by atoms with Crippen LogP contribution in [0.25, 0.3) is 33.2 Å². The molecule has 0 radical (unpaired) electrons. The molecule has 7 nitrogen and oxygen atoms in total. The molecule has 0 aliphatic heterocycles. The first-order valence-corrected chi connectivity index (χ1v) is 12.5. The van der Waals surface area contributed by atoms with Crippen LogP contribution in [0.2, 0.25) is 0 Å². The second kappa shape index (κ2) is 10.6. The van der Waals surface area contributed by atoms with Crippen LogP contribution in [0.5, 0.6) is 0 Å². The van der Waals surface area contributed by atoms with Crippen LogP contribution in [0, 0.1) is 5.82 Å². The summed E-state index contributed by atoms with van der Waals surface area (Å²) >= 11 is 3.31. The summed E-state index contributed by atoms with van der Waals surface area (Å²) in [6, 6.07) is 18.3. The standard InChI is InChI=1S/C27H24BrFN4O3/c28-22-15-17(29)9-11-20(22)27-31-26(36-32-27)8-3-7-25(35)30-18-10-12-24-21(16-18)19-5-1-2-6-23(19)33(24)13-4-14-34/h1-2,5-6,9-12,15-16,34H,3-4,7-8,13-14H2,(H,30,35). The first-order valence-electron chi connectivity index (χ1n) is 11.7. The van der Waals surface area contributed by atoms with E-state index in [0.29, 0.717) is 47.4 Å². The normalized spacial score (nSPS) is 11.4. The zero-order chi connectivity index (χ0) is 25.1. The molecule has 184 valence electrons. The Labute approximate surface area is 215 Å². The number of carbonyl (C=O) groups excluding carboxylic acids is 1. The average molecular weight is 551 g/mol. The molecule has 0 fully saturated rings. The first kappa shape index (κ1) is 24.1. The fourth-order valence-corrected chi connectivity index (χ4v) is 4.89. The summed E-state index contributed by atoms with van der Waals surface area (Å²) in [7, 11) is 0. The van der Waals surface area contributed by atoms with E-state index in [9.17, 15) is 14.3 Å². The van der Waals surface area contributed by atoms with Crippen molar-refractivity contribution in [3.8, 4) is 11.4 Å². The Balaban J connectivity index is 1.23. The summed E-state index contributed by atoms with van der Waals surface area (Å²) in [5.74, 6) is 0.338. The molecule has 0 unspecified atom stereocenters. The summed E-state index contributed by atoms with van der Waals surface area (Å²) in [4.78, 5) is 17.0. The second-order valence-corrected chi connectivity index (χ2v) is 9.37. The van der Waals surface area contributed by atoms with Crippen molar-refractivity contribution < 1.29 is 18.8 Å². The number of carbonyl (C=O) groups is 1. The molecule has 0 aliphatic rings. The van der Waals surface area contributed by atoms with Crippen LogP contribution in [0.15, 0.2) is 69.7 Å². The lowest BCUT2D eigenvalue weighted by Crippen LogP contribution is -2.11. The summed E-state index contributed by atoms with van der Waals surface area (Å²) in [5, 5.41) is 18.4. The van der Waals surface area contributed by atoms with Gasteiger partial charge in [-0.1, -0.05) is 23.4 Å². The van der Waals surface area contributed by atoms with Crippen LogP contribution in [0.4, 0.5) is 10.1 Å². The predicted molar refractivity (Wildman–Crippen MR) is 140 cm³/mol. The van der Waals surface area contributed by atoms with Gasteiger partial charge in [-0.3, -0.25) is 4.79 Å². The lowest BCUT2D eigenvalue weighted by Gasteiger charge is -2.08. The number of amides is 1. The highest BCUT2D eigenvalue weighted by molar-refractivity contribution is 9.10. The number of halogens is 2. The van der Waals surface area contributed by atoms with Crippen molar-refractivity contribution in [2.24, 2.45) is 0 Å². The Morgan fingerprint density at radius 3 is 2.72 bits per heavy atom. The summed E-state index contributed by atoms with van der Waals surface area (Å²) in [6.07, 6.45) is 1.97. The Kier molecular flexibility index (Phi) is 7.11. The summed E-state index contributed by atoms with van der Waals surface area (Å²) in [5.41, 5.74) is 3.55. The number of fused-ring (bicyclic) bond motifs is 3. The van der Waals surface area contributed by atoms with Gasteiger partial charge in [0.05, 0.1) is 0 Å². The molecule has 2 heterocycles. The van der Waals surface area contributed by atoms with E-state index in [0.717, 1.165) is 34.0 Å². The molecule has 0 atom stereocenters. The number of aliphatic hydroxyl groups excluding tert-OH is 1. The molecule has 0 aliphatic carbocycles. The van der Waals surface area contributed by atoms with Crippen LogP contribution in [0.3, 0.4) is 0 Å². The molecular weight excluding hydrogens is 527 g/mol. The van der Waals surface area contributed by atoms with E-state index in [-0.39, 0.29) is 18.3 Å². The van der Waals surface area contributed by atoms with Gasteiger partial charge in [-0.15, -0.1) is 0 Å². The molecule has 5 aromatic rings. The SMILES string of the molecule is O=C(CCCc1nc(-c2ccc(F)cc2Br)no1)Nc1ccc2c(c1)c1ccccc1n2CCCO. The van der Waals surface area contributed by atoms with Gasteiger partial charge in [-0.2, -0.15) is 4.98 Å². The number of para-hydroxylation sites is 1. The van der Waals surface area contributed by atoms with Crippen molar-refractivity contribution >= 4 is 49.3 Å². The van der Waals surface area contributed by atoms with E-state index < -0.39 is 0 Å². The van der Waals surface area contributed by atoms with Crippen LogP contribution in [-0.4, -0.2) is 32.3 Å². The molecule has 36 heavy (non-hydrogen) atoms. The third-order valence-electron chi connectivity index (χ3n) is 6.03. The smallest absolute Gasteiger partial charge is 0.226 e. The predicted octanol–water partition coefficient (Wildman–Crippen LogP) is 6.09. The number of rotatable bonds is 9. The number of hydrogen-bond acceptors (Lipinski definition) is 5. The minimum atomic E-state index is -0.355. The highest BCUT2D eigenvalue weighted by Crippen LogP contribution is 2.31. The van der Waals surface area contributed by atoms with Crippen molar-refractivity contribution in [1.29, 1.82) is 0 Å². The minimum Gasteiger partial charge on any atom is -0.396 e. The van der Waals surface area contributed by atoms with E-state index in [1.54, 1.807) is 6.07 Å². The van der Waals surface area contributed by atoms with Crippen molar-refractivity contribution in [3.05, 3.63) is 76.8 Å². The van der Waals surface area contributed by atoms with Crippen molar-refractivity contribution in [3.63, 3.8) is 0 Å². The van der Waals surface area contributed by atoms with Gasteiger partial charge in [0, 0.05) is 63.5 Å². The first-order chi connectivity index (χ1) is 17.5. The lowest BCUT2D eigenvalue weighted by atomic mass is 10.1. The number of benzene rings is 3. The molecule has 3 aromatic carbocycles. The molecule has 0 bridgehead atoms. The van der Waals surface area contributed by atoms with Gasteiger partial charge >= 0.3 is 0 Å². The van der Waals surface area contributed by atoms with E-state index in [2.05, 4.69) is 48.1 Å². The van der Waals surface area contributed by atoms with Gasteiger partial charge in [0.15, 0.2) is 0 Å². The third kappa shape index (κ3) is 5.03. The molecule has 1 amide bonds. The highest BCUT2D eigenvalue weighted by atomic mass is 79.9. The Morgan fingerprint density at radius 1 is 1.06 bits per heavy atom. The van der Waals surface area contributed by atoms with Gasteiger partial charge < -0.3 is 19.5 Å². The molecule has 0 spiro atoms. The Bertz CT molecular complexity index is 1550. The quantitative estimate of drug-likeness (QED) is 0.231. The maximum Gasteiger partial charge on any atom is 0.226 e. The number of nitrogens with zero attached hydrogens (tertiary/aromatic N) is 3. The number of aromatic nitrogens is 3. The summed E-state index contributed by atoms with van der Waals surface area (Å²) < 4.78 is 21.4. The van der Waals surface area contributed by atoms with E-state index in [4.69, 9.17) is 4.52 Å². The molecule has 0 saturated heterocycles. The number of anilines is 1. The fraction of sp³-hybridized carbons (Fsp3) is 0.222. The van der Waals surface area contributed by atoms with Gasteiger partial charge in [0.1, 0.15) is 5.82 Å². The highest BCUT2D eigenvalue weighted by Gasteiger charge is 2.14. The second-order valence-electron chi connectivity index (χ2n) is 8.52.